The van der Waals surface area contributed by atoms with E-state index in [1.165, 1.54) is 0 Å². The summed E-state index contributed by atoms with van der Waals surface area (Å²) in [5.41, 5.74) is 0.394. The van der Waals surface area contributed by atoms with E-state index in [0.29, 0.717) is 29.6 Å². The summed E-state index contributed by atoms with van der Waals surface area (Å²) in [6.07, 6.45) is 2.08. The zero-order chi connectivity index (χ0) is 17.5. The van der Waals surface area contributed by atoms with E-state index in [0.717, 1.165) is 12.8 Å². The van der Waals surface area contributed by atoms with Crippen LogP contribution in [0.2, 0.25) is 5.02 Å². The van der Waals surface area contributed by atoms with E-state index in [1.54, 1.807) is 29.2 Å². The van der Waals surface area contributed by atoms with Gasteiger partial charge in [-0.3, -0.25) is 14.4 Å². The number of piperidine rings is 1. The molecule has 1 N–H and O–H groups in total. The molecule has 0 aliphatic carbocycles. The van der Waals surface area contributed by atoms with E-state index in [2.05, 4.69) is 12.2 Å². The molecule has 130 valence electrons. The smallest absolute Gasteiger partial charge is 0.325 e. The molecule has 1 aromatic rings. The first-order valence-electron chi connectivity index (χ1n) is 7.93. The molecule has 1 aliphatic heterocycles. The molecule has 1 atom stereocenters. The van der Waals surface area contributed by atoms with E-state index in [4.69, 9.17) is 16.3 Å². The van der Waals surface area contributed by atoms with E-state index in [9.17, 15) is 14.4 Å². The molecule has 2 rings (SSSR count). The van der Waals surface area contributed by atoms with E-state index in [1.807, 2.05) is 0 Å². The lowest BCUT2D eigenvalue weighted by Crippen LogP contribution is -2.42. The van der Waals surface area contributed by atoms with Gasteiger partial charge in [0.1, 0.15) is 6.54 Å². The van der Waals surface area contributed by atoms with Gasteiger partial charge in [-0.25, -0.2) is 0 Å². The van der Waals surface area contributed by atoms with Crippen molar-refractivity contribution in [3.63, 3.8) is 0 Å². The van der Waals surface area contributed by atoms with Crippen LogP contribution in [0.25, 0.3) is 0 Å². The zero-order valence-electron chi connectivity index (χ0n) is 13.6. The minimum absolute atomic E-state index is 0.195. The second kappa shape index (κ2) is 8.68. The van der Waals surface area contributed by atoms with Crippen LogP contribution in [-0.2, 0) is 14.3 Å². The van der Waals surface area contributed by atoms with E-state index in [-0.39, 0.29) is 19.1 Å². The standard InChI is InChI=1S/C17H21ClN2O4/c1-12-3-2-8-20(10-12)15(21)11-24-16(22)9-19-17(23)13-4-6-14(18)7-5-13/h4-7,12H,2-3,8-11H2,1H3,(H,19,23). The van der Waals surface area contributed by atoms with Gasteiger partial charge in [-0.1, -0.05) is 18.5 Å². The second-order valence-electron chi connectivity index (χ2n) is 5.94. The third kappa shape index (κ3) is 5.53. The van der Waals surface area contributed by atoms with Crippen LogP contribution in [0, 0.1) is 5.92 Å². The van der Waals surface area contributed by atoms with Crippen molar-refractivity contribution >= 4 is 29.4 Å². The number of carbonyl (C=O) groups is 3. The Balaban J connectivity index is 1.70. The summed E-state index contributed by atoms with van der Waals surface area (Å²) in [7, 11) is 0. The molecule has 1 aliphatic rings. The van der Waals surface area contributed by atoms with Crippen LogP contribution >= 0.6 is 11.6 Å². The van der Waals surface area contributed by atoms with Gasteiger partial charge in [0.25, 0.3) is 11.8 Å². The fourth-order valence-electron chi connectivity index (χ4n) is 2.56. The summed E-state index contributed by atoms with van der Waals surface area (Å²) in [5, 5.41) is 2.97. The molecule has 7 heteroatoms. The molecular weight excluding hydrogens is 332 g/mol. The van der Waals surface area contributed by atoms with Gasteiger partial charge in [0.2, 0.25) is 0 Å². The van der Waals surface area contributed by atoms with Crippen LogP contribution in [0.15, 0.2) is 24.3 Å². The van der Waals surface area contributed by atoms with Gasteiger partial charge in [-0.15, -0.1) is 0 Å². The molecular formula is C17H21ClN2O4. The lowest BCUT2D eigenvalue weighted by Gasteiger charge is -2.30. The summed E-state index contributed by atoms with van der Waals surface area (Å²) in [6, 6.07) is 6.30. The van der Waals surface area contributed by atoms with Crippen LogP contribution in [0.1, 0.15) is 30.1 Å². The molecule has 0 aromatic heterocycles. The van der Waals surface area contributed by atoms with Crippen molar-refractivity contribution in [3.05, 3.63) is 34.9 Å². The number of rotatable bonds is 5. The Bertz CT molecular complexity index is 603. The average molecular weight is 353 g/mol. The van der Waals surface area contributed by atoms with Gasteiger partial charge in [-0.2, -0.15) is 0 Å². The lowest BCUT2D eigenvalue weighted by molar-refractivity contribution is -0.151. The molecule has 0 bridgehead atoms. The maximum atomic E-state index is 12.0. The molecule has 1 fully saturated rings. The van der Waals surface area contributed by atoms with Crippen molar-refractivity contribution in [3.8, 4) is 0 Å². The van der Waals surface area contributed by atoms with Crippen molar-refractivity contribution in [2.24, 2.45) is 5.92 Å². The Hall–Kier alpha value is -2.08. The molecule has 6 nitrogen and oxygen atoms in total. The molecule has 1 heterocycles. The third-order valence-electron chi connectivity index (χ3n) is 3.87. The van der Waals surface area contributed by atoms with E-state index >= 15 is 0 Å². The van der Waals surface area contributed by atoms with Crippen LogP contribution in [0.5, 0.6) is 0 Å². The van der Waals surface area contributed by atoms with Gasteiger partial charge < -0.3 is 15.0 Å². The highest BCUT2D eigenvalue weighted by atomic mass is 35.5. The fourth-order valence-corrected chi connectivity index (χ4v) is 2.68. The number of esters is 1. The number of hydrogen-bond donors (Lipinski definition) is 1. The van der Waals surface area contributed by atoms with Crippen molar-refractivity contribution < 1.29 is 19.1 Å². The average Bonchev–Trinajstić information content (AvgIpc) is 2.58. The summed E-state index contributed by atoms with van der Waals surface area (Å²) >= 11 is 5.75. The number of carbonyl (C=O) groups excluding carboxylic acids is 3. The number of nitrogens with one attached hydrogen (secondary N) is 1. The molecule has 1 aromatic carbocycles. The number of halogens is 1. The van der Waals surface area contributed by atoms with Crippen molar-refractivity contribution in [1.29, 1.82) is 0 Å². The van der Waals surface area contributed by atoms with Gasteiger partial charge in [0.05, 0.1) is 0 Å². The van der Waals surface area contributed by atoms with E-state index < -0.39 is 11.9 Å². The fraction of sp³-hybridized carbons (Fsp3) is 0.471. The normalized spacial score (nSPS) is 17.2. The summed E-state index contributed by atoms with van der Waals surface area (Å²) in [4.78, 5) is 37.2. The highest BCUT2D eigenvalue weighted by molar-refractivity contribution is 6.30. The Morgan fingerprint density at radius 3 is 2.67 bits per heavy atom. The maximum absolute atomic E-state index is 12.0. The second-order valence-corrected chi connectivity index (χ2v) is 6.37. The predicted molar refractivity (Wildman–Crippen MR) is 89.7 cm³/mol. The predicted octanol–water partition coefficient (Wildman–Crippen LogP) is 1.87. The van der Waals surface area contributed by atoms with Crippen LogP contribution in [0.4, 0.5) is 0 Å². The Labute approximate surface area is 146 Å². The Kier molecular flexibility index (Phi) is 6.61. The first-order chi connectivity index (χ1) is 11.5. The number of likely N-dealkylation sites (tertiary alicyclic amines) is 1. The summed E-state index contributed by atoms with van der Waals surface area (Å²) < 4.78 is 4.93. The van der Waals surface area contributed by atoms with Gasteiger partial charge >= 0.3 is 5.97 Å². The molecule has 0 saturated carbocycles. The van der Waals surface area contributed by atoms with Crippen LogP contribution < -0.4 is 5.32 Å². The minimum Gasteiger partial charge on any atom is -0.454 e. The molecule has 1 unspecified atom stereocenters. The monoisotopic (exact) mass is 352 g/mol. The molecule has 1 saturated heterocycles. The van der Waals surface area contributed by atoms with Gasteiger partial charge in [0.15, 0.2) is 6.61 Å². The zero-order valence-corrected chi connectivity index (χ0v) is 14.3. The SMILES string of the molecule is CC1CCCN(C(=O)COC(=O)CNC(=O)c2ccc(Cl)cc2)C1. The highest BCUT2D eigenvalue weighted by Crippen LogP contribution is 2.15. The molecule has 0 spiro atoms. The number of benzene rings is 1. The quantitative estimate of drug-likeness (QED) is 0.821. The third-order valence-corrected chi connectivity index (χ3v) is 4.12. The molecule has 24 heavy (non-hydrogen) atoms. The largest absolute Gasteiger partial charge is 0.454 e. The topological polar surface area (TPSA) is 75.7 Å². The van der Waals surface area contributed by atoms with Gasteiger partial charge in [-0.05, 0) is 43.0 Å². The Morgan fingerprint density at radius 2 is 2.00 bits per heavy atom. The van der Waals surface area contributed by atoms with Crippen LogP contribution in [0.3, 0.4) is 0 Å². The van der Waals surface area contributed by atoms with Crippen molar-refractivity contribution in [2.45, 2.75) is 19.8 Å². The van der Waals surface area contributed by atoms with Crippen molar-refractivity contribution in [1.82, 2.24) is 10.2 Å². The lowest BCUT2D eigenvalue weighted by atomic mass is 10.0. The Morgan fingerprint density at radius 1 is 1.29 bits per heavy atom. The highest BCUT2D eigenvalue weighted by Gasteiger charge is 2.21. The summed E-state index contributed by atoms with van der Waals surface area (Å²) in [5.74, 6) is -0.772. The molecule has 2 amide bonds. The summed E-state index contributed by atoms with van der Waals surface area (Å²) in [6.45, 7) is 2.92. The van der Waals surface area contributed by atoms with Gasteiger partial charge in [0, 0.05) is 23.7 Å². The minimum atomic E-state index is -0.643. The van der Waals surface area contributed by atoms with Crippen molar-refractivity contribution in [2.75, 3.05) is 26.2 Å². The number of ether oxygens (including phenoxy) is 1. The first kappa shape index (κ1) is 18.3. The number of nitrogens with zero attached hydrogens (tertiary/aromatic N) is 1. The maximum Gasteiger partial charge on any atom is 0.325 e. The number of amides is 2. The number of hydrogen-bond acceptors (Lipinski definition) is 4. The molecule has 0 radical (unpaired) electrons. The first-order valence-corrected chi connectivity index (χ1v) is 8.30. The van der Waals surface area contributed by atoms with Crippen LogP contribution in [-0.4, -0.2) is 48.9 Å².